The maximum Gasteiger partial charge on any atom is 0.248 e. The second-order valence-corrected chi connectivity index (χ2v) is 10.3. The van der Waals surface area contributed by atoms with Crippen LogP contribution in [0.15, 0.2) is 58.2 Å². The van der Waals surface area contributed by atoms with Crippen LogP contribution in [0.25, 0.3) is 21.1 Å². The molecule has 0 amide bonds. The Morgan fingerprint density at radius 2 is 1.93 bits per heavy atom. The van der Waals surface area contributed by atoms with Gasteiger partial charge in [-0.3, -0.25) is 9.59 Å². The summed E-state index contributed by atoms with van der Waals surface area (Å²) in [5.41, 5.74) is 2.25. The lowest BCUT2D eigenvalue weighted by Gasteiger charge is -2.16. The molecule has 4 rings (SSSR count). The first-order chi connectivity index (χ1) is 14.2. The van der Waals surface area contributed by atoms with Gasteiger partial charge in [-0.05, 0) is 54.3 Å². The summed E-state index contributed by atoms with van der Waals surface area (Å²) in [6.07, 6.45) is 0.0806. The largest absolute Gasteiger partial charge is 0.322 e. The highest BCUT2D eigenvalue weighted by molar-refractivity contribution is 7.89. The fourth-order valence-electron chi connectivity index (χ4n) is 3.19. The van der Waals surface area contributed by atoms with Crippen LogP contribution < -0.4 is 5.56 Å². The molecule has 0 aliphatic carbocycles. The number of nitrogens with one attached hydrogen (secondary N) is 1. The highest BCUT2D eigenvalue weighted by Crippen LogP contribution is 2.24. The van der Waals surface area contributed by atoms with Crippen molar-refractivity contribution in [3.8, 4) is 0 Å². The zero-order valence-electron chi connectivity index (χ0n) is 16.4. The van der Waals surface area contributed by atoms with Crippen molar-refractivity contribution >= 4 is 48.3 Å². The van der Waals surface area contributed by atoms with Gasteiger partial charge in [-0.1, -0.05) is 6.07 Å². The molecular formula is C21H19N3O4S2. The molecule has 0 saturated carbocycles. The average molecular weight is 442 g/mol. The molecule has 0 spiro atoms. The molecule has 7 nitrogen and oxygen atoms in total. The van der Waals surface area contributed by atoms with Crippen LogP contribution in [0.2, 0.25) is 0 Å². The van der Waals surface area contributed by atoms with Crippen LogP contribution in [0, 0.1) is 6.92 Å². The fraction of sp³-hybridized carbons (Fsp3) is 0.190. The number of sulfonamides is 1. The molecule has 4 aromatic rings. The maximum absolute atomic E-state index is 12.9. The number of likely N-dealkylation sites (N-methyl/N-ethyl adjacent to an activating group) is 1. The molecule has 0 aliphatic rings. The number of carbonyl (C=O) groups is 1. The van der Waals surface area contributed by atoms with Gasteiger partial charge in [-0.25, -0.2) is 13.4 Å². The third-order valence-corrected chi connectivity index (χ3v) is 7.56. The Morgan fingerprint density at radius 1 is 1.13 bits per heavy atom. The number of aromatic nitrogens is 2. The van der Waals surface area contributed by atoms with E-state index in [1.165, 1.54) is 36.6 Å². The first kappa shape index (κ1) is 20.4. The lowest BCUT2D eigenvalue weighted by atomic mass is 10.2. The molecule has 9 heteroatoms. The molecule has 0 unspecified atom stereocenters. The first-order valence-electron chi connectivity index (χ1n) is 9.19. The Kier molecular flexibility index (Phi) is 5.27. The van der Waals surface area contributed by atoms with Gasteiger partial charge in [0.2, 0.25) is 15.6 Å². The Bertz CT molecular complexity index is 1440. The number of nitrogens with zero attached hydrogens (tertiary/aromatic N) is 2. The molecular weight excluding hydrogens is 422 g/mol. The van der Waals surface area contributed by atoms with E-state index in [2.05, 4.69) is 9.97 Å². The molecule has 154 valence electrons. The van der Waals surface area contributed by atoms with Crippen LogP contribution in [0.5, 0.6) is 0 Å². The molecule has 2 aromatic heterocycles. The topological polar surface area (TPSA) is 100 Å². The van der Waals surface area contributed by atoms with Crippen molar-refractivity contribution in [1.29, 1.82) is 0 Å². The summed E-state index contributed by atoms with van der Waals surface area (Å²) in [5.74, 6) is -0.234. The second kappa shape index (κ2) is 7.75. The number of fused-ring (bicyclic) bond motifs is 2. The lowest BCUT2D eigenvalue weighted by molar-refractivity contribution is -0.118. The minimum absolute atomic E-state index is 0.0628. The van der Waals surface area contributed by atoms with Crippen LogP contribution in [-0.4, -0.2) is 42.1 Å². The lowest BCUT2D eigenvalue weighted by Crippen LogP contribution is -2.32. The van der Waals surface area contributed by atoms with Gasteiger partial charge in [0, 0.05) is 18.6 Å². The number of Topliss-reactive ketones (excluding diaryl/α,β-unsaturated/α-hetero) is 1. The number of aryl methyl sites for hydroxylation is 1. The summed E-state index contributed by atoms with van der Waals surface area (Å²) >= 11 is 1.44. The van der Waals surface area contributed by atoms with E-state index < -0.39 is 10.0 Å². The zero-order valence-corrected chi connectivity index (χ0v) is 18.0. The smallest absolute Gasteiger partial charge is 0.248 e. The van der Waals surface area contributed by atoms with Gasteiger partial charge in [-0.15, -0.1) is 11.3 Å². The molecule has 0 aliphatic heterocycles. The van der Waals surface area contributed by atoms with E-state index in [1.54, 1.807) is 12.1 Å². The predicted molar refractivity (Wildman–Crippen MR) is 117 cm³/mol. The van der Waals surface area contributed by atoms with Gasteiger partial charge in [0.05, 0.1) is 28.1 Å². The number of rotatable bonds is 6. The summed E-state index contributed by atoms with van der Waals surface area (Å²) < 4.78 is 27.8. The summed E-state index contributed by atoms with van der Waals surface area (Å²) in [4.78, 5) is 31.1. The number of ketones is 1. The number of thiazole rings is 1. The number of hydrogen-bond donors (Lipinski definition) is 1. The van der Waals surface area contributed by atoms with Crippen LogP contribution in [0.4, 0.5) is 0 Å². The number of hydrogen-bond acceptors (Lipinski definition) is 6. The van der Waals surface area contributed by atoms with E-state index >= 15 is 0 Å². The number of pyridine rings is 1. The Morgan fingerprint density at radius 3 is 2.73 bits per heavy atom. The van der Waals surface area contributed by atoms with Crippen molar-refractivity contribution in [3.63, 3.8) is 0 Å². The Labute approximate surface area is 177 Å². The number of H-pyrrole nitrogens is 1. The quantitative estimate of drug-likeness (QED) is 0.496. The number of aromatic amines is 1. The second-order valence-electron chi connectivity index (χ2n) is 7.13. The van der Waals surface area contributed by atoms with Crippen molar-refractivity contribution < 1.29 is 13.2 Å². The molecule has 2 aromatic carbocycles. The summed E-state index contributed by atoms with van der Waals surface area (Å²) in [6.45, 7) is 1.75. The van der Waals surface area contributed by atoms with E-state index in [-0.39, 0.29) is 29.2 Å². The normalized spacial score (nSPS) is 12.1. The van der Waals surface area contributed by atoms with Gasteiger partial charge in [0.1, 0.15) is 5.01 Å². The van der Waals surface area contributed by atoms with Crippen molar-refractivity contribution in [2.24, 2.45) is 0 Å². The van der Waals surface area contributed by atoms with E-state index in [9.17, 15) is 18.0 Å². The molecule has 0 radical (unpaired) electrons. The van der Waals surface area contributed by atoms with Crippen LogP contribution in [0.3, 0.4) is 0 Å². The van der Waals surface area contributed by atoms with Gasteiger partial charge in [0.25, 0.3) is 0 Å². The molecule has 0 saturated heterocycles. The average Bonchev–Trinajstić information content (AvgIpc) is 3.08. The van der Waals surface area contributed by atoms with Crippen molar-refractivity contribution in [2.75, 3.05) is 13.6 Å². The van der Waals surface area contributed by atoms with Crippen molar-refractivity contribution in [1.82, 2.24) is 14.3 Å². The first-order valence-corrected chi connectivity index (χ1v) is 11.5. The molecule has 30 heavy (non-hydrogen) atoms. The van der Waals surface area contributed by atoms with Crippen LogP contribution in [0.1, 0.15) is 10.6 Å². The van der Waals surface area contributed by atoms with Crippen molar-refractivity contribution in [2.45, 2.75) is 18.2 Å². The zero-order chi connectivity index (χ0) is 21.5. The fourth-order valence-corrected chi connectivity index (χ4v) is 5.47. The SMILES string of the molecule is Cc1ccc2nc(CC(=O)CN(C)S(=O)(=O)c3ccc4[nH]c(=O)ccc4c3)sc2c1. The minimum atomic E-state index is -3.85. The van der Waals surface area contributed by atoms with Crippen LogP contribution in [-0.2, 0) is 21.2 Å². The predicted octanol–water partition coefficient (Wildman–Crippen LogP) is 2.88. The van der Waals surface area contributed by atoms with E-state index in [4.69, 9.17) is 0 Å². The number of carbonyl (C=O) groups excluding carboxylic acids is 1. The highest BCUT2D eigenvalue weighted by Gasteiger charge is 2.24. The third-order valence-electron chi connectivity index (χ3n) is 4.74. The highest BCUT2D eigenvalue weighted by atomic mass is 32.2. The van der Waals surface area contributed by atoms with E-state index in [0.717, 1.165) is 20.1 Å². The summed E-state index contributed by atoms with van der Waals surface area (Å²) in [7, 11) is -2.47. The van der Waals surface area contributed by atoms with Gasteiger partial charge >= 0.3 is 0 Å². The van der Waals surface area contributed by atoms with Gasteiger partial charge in [0.15, 0.2) is 5.78 Å². The van der Waals surface area contributed by atoms with Crippen LogP contribution >= 0.6 is 11.3 Å². The maximum atomic E-state index is 12.9. The molecule has 2 heterocycles. The van der Waals surface area contributed by atoms with E-state index in [0.29, 0.717) is 15.9 Å². The minimum Gasteiger partial charge on any atom is -0.322 e. The Balaban J connectivity index is 1.51. The van der Waals surface area contributed by atoms with Gasteiger partial charge < -0.3 is 4.98 Å². The van der Waals surface area contributed by atoms with E-state index in [1.807, 2.05) is 25.1 Å². The molecule has 0 atom stereocenters. The molecule has 1 N–H and O–H groups in total. The standard InChI is InChI=1S/C21H19N3O4S2/c1-13-3-6-18-19(9-13)29-21(23-18)11-15(25)12-24(2)30(27,28)16-5-7-17-14(10-16)4-8-20(26)22-17/h3-10H,11-12H2,1-2H3,(H,22,26). The summed E-state index contributed by atoms with van der Waals surface area (Å²) in [5, 5.41) is 1.27. The monoisotopic (exact) mass is 441 g/mol. The number of benzene rings is 2. The summed E-state index contributed by atoms with van der Waals surface area (Å²) in [6, 6.07) is 13.2. The molecule has 0 bridgehead atoms. The Hall–Kier alpha value is -2.88. The van der Waals surface area contributed by atoms with Crippen molar-refractivity contribution in [3.05, 3.63) is 69.5 Å². The third kappa shape index (κ3) is 4.04. The molecule has 0 fully saturated rings. The van der Waals surface area contributed by atoms with Gasteiger partial charge in [-0.2, -0.15) is 4.31 Å².